The molecule has 4 aromatic carbocycles. The number of ether oxygens (including phenoxy) is 5. The van der Waals surface area contributed by atoms with Crippen molar-refractivity contribution < 1.29 is 28.5 Å². The molecule has 0 saturated carbocycles. The lowest BCUT2D eigenvalue weighted by atomic mass is 9.93. The highest BCUT2D eigenvalue weighted by atomic mass is 16.5. The van der Waals surface area contributed by atoms with Crippen LogP contribution < -0.4 is 18.9 Å². The normalized spacial score (nSPS) is 11.7. The van der Waals surface area contributed by atoms with Crippen LogP contribution in [-0.4, -0.2) is 31.4 Å². The van der Waals surface area contributed by atoms with Crippen molar-refractivity contribution in [3.8, 4) is 45.4 Å². The molecule has 0 spiro atoms. The quantitative estimate of drug-likeness (QED) is 0.142. The summed E-state index contributed by atoms with van der Waals surface area (Å²) < 4.78 is 31.8. The molecule has 0 atom stereocenters. The van der Waals surface area contributed by atoms with Gasteiger partial charge in [0.1, 0.15) is 13.2 Å². The molecule has 0 fully saturated rings. The Morgan fingerprint density at radius 1 is 0.756 bits per heavy atom. The Bertz CT molecular complexity index is 1810. The molecular formula is C38H37NO6. The van der Waals surface area contributed by atoms with Crippen LogP contribution in [-0.2, 0) is 30.9 Å². The minimum Gasteiger partial charge on any atom is -0.493 e. The number of hydrogen-bond acceptors (Lipinski definition) is 6. The van der Waals surface area contributed by atoms with Crippen molar-refractivity contribution in [2.24, 2.45) is 0 Å². The van der Waals surface area contributed by atoms with Crippen molar-refractivity contribution in [2.45, 2.75) is 40.0 Å². The summed E-state index contributed by atoms with van der Waals surface area (Å²) in [5.74, 6) is 2.12. The van der Waals surface area contributed by atoms with Gasteiger partial charge in [-0.1, -0.05) is 66.7 Å². The van der Waals surface area contributed by atoms with Gasteiger partial charge in [0, 0.05) is 23.4 Å². The zero-order valence-corrected chi connectivity index (χ0v) is 26.1. The summed E-state index contributed by atoms with van der Waals surface area (Å²) in [6.07, 6.45) is 0.789. The second-order valence-electron chi connectivity index (χ2n) is 10.9. The van der Waals surface area contributed by atoms with Crippen LogP contribution in [0, 0.1) is 6.92 Å². The van der Waals surface area contributed by atoms with Gasteiger partial charge in [0.25, 0.3) is 0 Å². The molecule has 230 valence electrons. The Morgan fingerprint density at radius 3 is 2.00 bits per heavy atom. The van der Waals surface area contributed by atoms with Crippen molar-refractivity contribution in [3.63, 3.8) is 0 Å². The smallest absolute Gasteiger partial charge is 0.340 e. The highest BCUT2D eigenvalue weighted by Gasteiger charge is 2.32. The maximum Gasteiger partial charge on any atom is 0.340 e. The molecule has 0 radical (unpaired) electrons. The van der Waals surface area contributed by atoms with Gasteiger partial charge in [-0.25, -0.2) is 4.79 Å². The number of benzene rings is 4. The Kier molecular flexibility index (Phi) is 8.78. The molecule has 1 aliphatic heterocycles. The number of rotatable bonds is 11. The number of fused-ring (bicyclic) bond motifs is 3. The van der Waals surface area contributed by atoms with E-state index in [0.717, 1.165) is 51.2 Å². The highest BCUT2D eigenvalue weighted by Crippen LogP contribution is 2.46. The first-order chi connectivity index (χ1) is 22.0. The SMILES string of the molecule is CCOC(=O)c1c(-c2ccc(OCc3ccccc3)c(OCc3ccccc3)c2)c(C)n2c1-c1cc(OC)c(OC)cc1CC2. The second kappa shape index (κ2) is 13.2. The van der Waals surface area contributed by atoms with Crippen molar-refractivity contribution in [1.29, 1.82) is 0 Å². The zero-order chi connectivity index (χ0) is 31.3. The van der Waals surface area contributed by atoms with Gasteiger partial charge >= 0.3 is 5.97 Å². The summed E-state index contributed by atoms with van der Waals surface area (Å²) >= 11 is 0. The summed E-state index contributed by atoms with van der Waals surface area (Å²) in [5.41, 5.74) is 8.09. The second-order valence-corrected chi connectivity index (χ2v) is 10.9. The van der Waals surface area contributed by atoms with Gasteiger partial charge in [-0.05, 0) is 66.8 Å². The Labute approximate surface area is 263 Å². The number of nitrogens with zero attached hydrogens (tertiary/aromatic N) is 1. The molecule has 1 aliphatic rings. The number of carbonyl (C=O) groups is 1. The number of methoxy groups -OCH3 is 2. The van der Waals surface area contributed by atoms with Gasteiger partial charge in [0.05, 0.1) is 32.1 Å². The summed E-state index contributed by atoms with van der Waals surface area (Å²) in [6, 6.07) is 29.9. The van der Waals surface area contributed by atoms with Crippen LogP contribution in [0.5, 0.6) is 23.0 Å². The lowest BCUT2D eigenvalue weighted by Gasteiger charge is -2.23. The number of esters is 1. The van der Waals surface area contributed by atoms with Crippen LogP contribution >= 0.6 is 0 Å². The molecule has 0 N–H and O–H groups in total. The molecule has 7 nitrogen and oxygen atoms in total. The topological polar surface area (TPSA) is 68.2 Å². The fourth-order valence-corrected chi connectivity index (χ4v) is 6.00. The molecule has 1 aromatic heterocycles. The summed E-state index contributed by atoms with van der Waals surface area (Å²) in [5, 5.41) is 0. The molecule has 0 bridgehead atoms. The van der Waals surface area contributed by atoms with E-state index in [0.29, 0.717) is 48.3 Å². The summed E-state index contributed by atoms with van der Waals surface area (Å²) in [6.45, 7) is 5.62. The third kappa shape index (κ3) is 5.98. The predicted molar refractivity (Wildman–Crippen MR) is 174 cm³/mol. The first-order valence-electron chi connectivity index (χ1n) is 15.2. The van der Waals surface area contributed by atoms with Gasteiger partial charge in [-0.2, -0.15) is 0 Å². The van der Waals surface area contributed by atoms with Crippen LogP contribution in [0.4, 0.5) is 0 Å². The third-order valence-electron chi connectivity index (χ3n) is 8.18. The van der Waals surface area contributed by atoms with Gasteiger partial charge < -0.3 is 28.3 Å². The van der Waals surface area contributed by atoms with Crippen LogP contribution in [0.25, 0.3) is 22.4 Å². The fourth-order valence-electron chi connectivity index (χ4n) is 6.00. The zero-order valence-electron chi connectivity index (χ0n) is 26.1. The van der Waals surface area contributed by atoms with E-state index in [-0.39, 0.29) is 12.6 Å². The molecular weight excluding hydrogens is 566 g/mol. The van der Waals surface area contributed by atoms with E-state index in [1.54, 1.807) is 14.2 Å². The standard InChI is InChI=1S/C38H37NO6/c1-5-43-38(40)36-35(25(2)39-19-18-28-20-32(41-3)33(42-4)22-30(28)37(36)39)29-16-17-31(44-23-26-12-8-6-9-13-26)34(21-29)45-24-27-14-10-7-11-15-27/h6-17,20-22H,5,18-19,23-24H2,1-4H3. The molecule has 0 aliphatic carbocycles. The first kappa shape index (κ1) is 29.9. The van der Waals surface area contributed by atoms with E-state index in [1.807, 2.05) is 97.9 Å². The summed E-state index contributed by atoms with van der Waals surface area (Å²) in [7, 11) is 3.25. The molecule has 0 saturated heterocycles. The Hall–Kier alpha value is -5.17. The predicted octanol–water partition coefficient (Wildman–Crippen LogP) is 8.04. The van der Waals surface area contributed by atoms with Crippen LogP contribution in [0.3, 0.4) is 0 Å². The molecule has 5 aromatic rings. The van der Waals surface area contributed by atoms with Crippen LogP contribution in [0.1, 0.15) is 39.7 Å². The molecule has 6 rings (SSSR count). The number of aromatic nitrogens is 1. The van der Waals surface area contributed by atoms with Gasteiger partial charge in [-0.3, -0.25) is 0 Å². The van der Waals surface area contributed by atoms with Crippen molar-refractivity contribution >= 4 is 5.97 Å². The highest BCUT2D eigenvalue weighted by molar-refractivity contribution is 6.05. The largest absolute Gasteiger partial charge is 0.493 e. The maximum atomic E-state index is 13.8. The maximum absolute atomic E-state index is 13.8. The monoisotopic (exact) mass is 603 g/mol. The van der Waals surface area contributed by atoms with E-state index in [4.69, 9.17) is 23.7 Å². The van der Waals surface area contributed by atoms with Gasteiger partial charge in [0.2, 0.25) is 0 Å². The van der Waals surface area contributed by atoms with E-state index in [9.17, 15) is 4.79 Å². The molecule has 45 heavy (non-hydrogen) atoms. The Morgan fingerprint density at radius 2 is 1.38 bits per heavy atom. The van der Waals surface area contributed by atoms with E-state index in [1.165, 1.54) is 0 Å². The first-order valence-corrected chi connectivity index (χ1v) is 15.2. The number of hydrogen-bond donors (Lipinski definition) is 0. The van der Waals surface area contributed by atoms with Crippen molar-refractivity contribution in [3.05, 3.63) is 119 Å². The average molecular weight is 604 g/mol. The van der Waals surface area contributed by atoms with Gasteiger partial charge in [0.15, 0.2) is 23.0 Å². The van der Waals surface area contributed by atoms with Crippen molar-refractivity contribution in [1.82, 2.24) is 4.57 Å². The average Bonchev–Trinajstić information content (AvgIpc) is 3.39. The van der Waals surface area contributed by atoms with E-state index < -0.39 is 0 Å². The summed E-state index contributed by atoms with van der Waals surface area (Å²) in [4.78, 5) is 13.8. The fraction of sp³-hybridized carbons (Fsp3) is 0.237. The van der Waals surface area contributed by atoms with E-state index >= 15 is 0 Å². The lowest BCUT2D eigenvalue weighted by molar-refractivity contribution is 0.0528. The van der Waals surface area contributed by atoms with Gasteiger partial charge in [-0.15, -0.1) is 0 Å². The Balaban J connectivity index is 1.47. The van der Waals surface area contributed by atoms with Crippen molar-refractivity contribution in [2.75, 3.05) is 20.8 Å². The number of carbonyl (C=O) groups excluding carboxylic acids is 1. The molecule has 0 amide bonds. The van der Waals surface area contributed by atoms with Crippen LogP contribution in [0.15, 0.2) is 91.0 Å². The van der Waals surface area contributed by atoms with E-state index in [2.05, 4.69) is 11.5 Å². The number of aryl methyl sites for hydroxylation is 1. The minimum atomic E-state index is -0.372. The third-order valence-corrected chi connectivity index (χ3v) is 8.18. The van der Waals surface area contributed by atoms with Crippen LogP contribution in [0.2, 0.25) is 0 Å². The lowest BCUT2D eigenvalue weighted by Crippen LogP contribution is -2.15. The minimum absolute atomic E-state index is 0.262. The molecule has 0 unspecified atom stereocenters. The molecule has 2 heterocycles. The molecule has 7 heteroatoms.